The third-order valence-corrected chi connectivity index (χ3v) is 5.06. The van der Waals surface area contributed by atoms with Crippen molar-refractivity contribution in [2.75, 3.05) is 12.4 Å². The zero-order valence-electron chi connectivity index (χ0n) is 13.6. The summed E-state index contributed by atoms with van der Waals surface area (Å²) in [5, 5.41) is 13.9. The van der Waals surface area contributed by atoms with Crippen molar-refractivity contribution in [2.45, 2.75) is 6.42 Å². The van der Waals surface area contributed by atoms with Gasteiger partial charge in [-0.25, -0.2) is 4.98 Å². The smallest absolute Gasteiger partial charge is 0.308 e. The number of carbonyl (C=O) groups is 1. The van der Waals surface area contributed by atoms with Crippen molar-refractivity contribution < 1.29 is 14.6 Å². The van der Waals surface area contributed by atoms with E-state index in [9.17, 15) is 9.90 Å². The van der Waals surface area contributed by atoms with Crippen LogP contribution in [0.4, 0.5) is 10.8 Å². The van der Waals surface area contributed by atoms with Crippen LogP contribution < -0.4 is 10.1 Å². The van der Waals surface area contributed by atoms with E-state index in [0.717, 1.165) is 11.3 Å². The van der Waals surface area contributed by atoms with Gasteiger partial charge in [0.2, 0.25) is 0 Å². The number of aliphatic carboxylic acids is 1. The SMILES string of the molecule is COc1ccc(-c2nc(Nc3ccc(Cl)cc3Cl)sc2CC(=O)O)cc1. The molecule has 8 heteroatoms. The quantitative estimate of drug-likeness (QED) is 0.563. The molecule has 0 atom stereocenters. The molecule has 3 rings (SSSR count). The van der Waals surface area contributed by atoms with Crippen molar-refractivity contribution in [3.63, 3.8) is 0 Å². The summed E-state index contributed by atoms with van der Waals surface area (Å²) in [6, 6.07) is 12.4. The molecule has 2 aromatic carbocycles. The Morgan fingerprint density at radius 3 is 2.58 bits per heavy atom. The largest absolute Gasteiger partial charge is 0.497 e. The van der Waals surface area contributed by atoms with Crippen LogP contribution in [0.25, 0.3) is 11.3 Å². The number of nitrogens with one attached hydrogen (secondary N) is 1. The van der Waals surface area contributed by atoms with Crippen LogP contribution in [-0.4, -0.2) is 23.2 Å². The highest BCUT2D eigenvalue weighted by molar-refractivity contribution is 7.16. The monoisotopic (exact) mass is 408 g/mol. The molecule has 0 saturated heterocycles. The summed E-state index contributed by atoms with van der Waals surface area (Å²) in [4.78, 5) is 16.4. The van der Waals surface area contributed by atoms with E-state index in [1.165, 1.54) is 11.3 Å². The number of methoxy groups -OCH3 is 1. The van der Waals surface area contributed by atoms with Crippen molar-refractivity contribution in [1.29, 1.82) is 0 Å². The second-order valence-corrected chi connectivity index (χ2v) is 7.27. The van der Waals surface area contributed by atoms with Crippen molar-refractivity contribution in [3.05, 3.63) is 57.4 Å². The molecule has 0 aliphatic heterocycles. The molecule has 0 unspecified atom stereocenters. The van der Waals surface area contributed by atoms with Crippen molar-refractivity contribution in [1.82, 2.24) is 4.98 Å². The van der Waals surface area contributed by atoms with Crippen molar-refractivity contribution in [3.8, 4) is 17.0 Å². The molecule has 0 spiro atoms. The molecule has 3 aromatic rings. The lowest BCUT2D eigenvalue weighted by Gasteiger charge is -2.05. The van der Waals surface area contributed by atoms with Crippen LogP contribution in [0.1, 0.15) is 4.88 Å². The number of hydrogen-bond acceptors (Lipinski definition) is 5. The number of halogens is 2. The van der Waals surface area contributed by atoms with Crippen LogP contribution in [0.2, 0.25) is 10.0 Å². The average Bonchev–Trinajstić information content (AvgIpc) is 2.99. The Hall–Kier alpha value is -2.28. The van der Waals surface area contributed by atoms with Gasteiger partial charge in [-0.3, -0.25) is 4.79 Å². The van der Waals surface area contributed by atoms with E-state index in [1.54, 1.807) is 25.3 Å². The lowest BCUT2D eigenvalue weighted by molar-refractivity contribution is -0.136. The Balaban J connectivity index is 1.96. The van der Waals surface area contributed by atoms with E-state index in [4.69, 9.17) is 27.9 Å². The van der Waals surface area contributed by atoms with Gasteiger partial charge in [0.1, 0.15) is 5.75 Å². The van der Waals surface area contributed by atoms with Crippen LogP contribution in [-0.2, 0) is 11.2 Å². The summed E-state index contributed by atoms with van der Waals surface area (Å²) < 4.78 is 5.16. The topological polar surface area (TPSA) is 71.5 Å². The maximum Gasteiger partial charge on any atom is 0.308 e. The first-order valence-electron chi connectivity index (χ1n) is 7.54. The molecule has 26 heavy (non-hydrogen) atoms. The molecule has 0 radical (unpaired) electrons. The van der Waals surface area contributed by atoms with E-state index in [-0.39, 0.29) is 6.42 Å². The first-order chi connectivity index (χ1) is 12.5. The van der Waals surface area contributed by atoms with E-state index in [0.29, 0.717) is 31.4 Å². The van der Waals surface area contributed by atoms with Gasteiger partial charge in [-0.1, -0.05) is 23.2 Å². The maximum absolute atomic E-state index is 11.2. The Kier molecular flexibility index (Phi) is 5.66. The lowest BCUT2D eigenvalue weighted by Crippen LogP contribution is -1.99. The lowest BCUT2D eigenvalue weighted by atomic mass is 10.1. The first-order valence-corrected chi connectivity index (χ1v) is 9.11. The summed E-state index contributed by atoms with van der Waals surface area (Å²) >= 11 is 13.4. The number of aromatic nitrogens is 1. The average molecular weight is 409 g/mol. The molecule has 1 aromatic heterocycles. The van der Waals surface area contributed by atoms with E-state index < -0.39 is 5.97 Å². The van der Waals surface area contributed by atoms with Gasteiger partial charge in [0.15, 0.2) is 5.13 Å². The predicted octanol–water partition coefficient (Wildman–Crippen LogP) is 5.50. The molecule has 0 bridgehead atoms. The summed E-state index contributed by atoms with van der Waals surface area (Å²) in [6.45, 7) is 0. The molecule has 0 aliphatic rings. The number of ether oxygens (including phenoxy) is 1. The number of benzene rings is 2. The Labute approximate surface area is 164 Å². The van der Waals surface area contributed by atoms with Gasteiger partial charge in [-0.15, -0.1) is 11.3 Å². The van der Waals surface area contributed by atoms with Gasteiger partial charge >= 0.3 is 5.97 Å². The van der Waals surface area contributed by atoms with Gasteiger partial charge in [-0.2, -0.15) is 0 Å². The second kappa shape index (κ2) is 7.95. The molecule has 0 amide bonds. The number of carboxylic acid groups (broad SMARTS) is 1. The van der Waals surface area contributed by atoms with E-state index >= 15 is 0 Å². The van der Waals surface area contributed by atoms with Crippen molar-refractivity contribution >= 4 is 51.3 Å². The third kappa shape index (κ3) is 4.27. The van der Waals surface area contributed by atoms with Gasteiger partial charge in [-0.05, 0) is 42.5 Å². The number of nitrogens with zero attached hydrogens (tertiary/aromatic N) is 1. The fourth-order valence-electron chi connectivity index (χ4n) is 2.34. The normalized spacial score (nSPS) is 10.6. The van der Waals surface area contributed by atoms with Crippen LogP contribution in [0.15, 0.2) is 42.5 Å². The minimum absolute atomic E-state index is 0.116. The third-order valence-electron chi connectivity index (χ3n) is 3.55. The molecule has 134 valence electrons. The van der Waals surface area contributed by atoms with Gasteiger partial charge in [0.05, 0.1) is 29.9 Å². The molecule has 1 heterocycles. The number of thiazole rings is 1. The zero-order valence-corrected chi connectivity index (χ0v) is 16.0. The summed E-state index contributed by atoms with van der Waals surface area (Å²) in [7, 11) is 1.59. The molecular formula is C18H14Cl2N2O3S. The number of rotatable bonds is 6. The zero-order chi connectivity index (χ0) is 18.7. The fraction of sp³-hybridized carbons (Fsp3) is 0.111. The van der Waals surface area contributed by atoms with Gasteiger partial charge < -0.3 is 15.2 Å². The Morgan fingerprint density at radius 2 is 1.96 bits per heavy atom. The van der Waals surface area contributed by atoms with E-state index in [1.807, 2.05) is 24.3 Å². The van der Waals surface area contributed by atoms with Crippen LogP contribution in [0, 0.1) is 0 Å². The standard InChI is InChI=1S/C18H14Cl2N2O3S/c1-25-12-5-2-10(3-6-12)17-15(9-16(23)24)26-18(22-17)21-14-7-4-11(19)8-13(14)20/h2-8H,9H2,1H3,(H,21,22)(H,23,24). The summed E-state index contributed by atoms with van der Waals surface area (Å²) in [6.07, 6.45) is -0.116. The minimum Gasteiger partial charge on any atom is -0.497 e. The van der Waals surface area contributed by atoms with Crippen molar-refractivity contribution in [2.24, 2.45) is 0 Å². The molecule has 2 N–H and O–H groups in total. The fourth-order valence-corrected chi connectivity index (χ4v) is 3.79. The number of carboxylic acids is 1. The van der Waals surface area contributed by atoms with Crippen LogP contribution >= 0.6 is 34.5 Å². The van der Waals surface area contributed by atoms with Gasteiger partial charge in [0.25, 0.3) is 0 Å². The maximum atomic E-state index is 11.2. The van der Waals surface area contributed by atoms with Gasteiger partial charge in [0, 0.05) is 15.5 Å². The number of hydrogen-bond donors (Lipinski definition) is 2. The Morgan fingerprint density at radius 1 is 1.23 bits per heavy atom. The molecule has 0 fully saturated rings. The summed E-state index contributed by atoms with van der Waals surface area (Å²) in [5.41, 5.74) is 2.08. The molecule has 0 aliphatic carbocycles. The number of anilines is 2. The predicted molar refractivity (Wildman–Crippen MR) is 105 cm³/mol. The van der Waals surface area contributed by atoms with E-state index in [2.05, 4.69) is 10.3 Å². The first kappa shape index (κ1) is 18.5. The van der Waals surface area contributed by atoms with Crippen LogP contribution in [0.3, 0.4) is 0 Å². The molecule has 5 nitrogen and oxygen atoms in total. The highest BCUT2D eigenvalue weighted by atomic mass is 35.5. The van der Waals surface area contributed by atoms with Crippen LogP contribution in [0.5, 0.6) is 5.75 Å². The summed E-state index contributed by atoms with van der Waals surface area (Å²) in [5.74, 6) is -0.199. The second-order valence-electron chi connectivity index (χ2n) is 5.34. The minimum atomic E-state index is -0.917. The molecular weight excluding hydrogens is 395 g/mol. The Bertz CT molecular complexity index is 942. The molecule has 0 saturated carbocycles. The highest BCUT2D eigenvalue weighted by Crippen LogP contribution is 2.35. The highest BCUT2D eigenvalue weighted by Gasteiger charge is 2.17.